The summed E-state index contributed by atoms with van der Waals surface area (Å²) < 4.78 is 6.58. The number of thiophene rings is 1. The summed E-state index contributed by atoms with van der Waals surface area (Å²) in [6.45, 7) is 3.40. The number of anilines is 3. The first kappa shape index (κ1) is 19.3. The molecule has 2 aliphatic rings. The zero-order chi connectivity index (χ0) is 20.3. The summed E-state index contributed by atoms with van der Waals surface area (Å²) in [5.41, 5.74) is 3.49. The van der Waals surface area contributed by atoms with E-state index in [1.165, 1.54) is 48.7 Å². The number of hydrogen-bond acceptors (Lipinski definition) is 6. The molecule has 1 N–H and O–H groups in total. The van der Waals surface area contributed by atoms with Gasteiger partial charge in [-0.1, -0.05) is 25.3 Å². The summed E-state index contributed by atoms with van der Waals surface area (Å²) in [5.74, 6) is 1.34. The number of morpholine rings is 1. The monoisotopic (exact) mass is 418 g/mol. The van der Waals surface area contributed by atoms with Crippen LogP contribution in [0.25, 0.3) is 10.1 Å². The van der Waals surface area contributed by atoms with Crippen LogP contribution in [0.4, 0.5) is 17.2 Å². The van der Waals surface area contributed by atoms with Gasteiger partial charge in [0.2, 0.25) is 0 Å². The molecule has 3 aromatic rings. The second kappa shape index (κ2) is 8.63. The van der Waals surface area contributed by atoms with Crippen LogP contribution in [0.2, 0.25) is 0 Å². The number of aromatic nitrogens is 1. The van der Waals surface area contributed by atoms with Crippen LogP contribution < -0.4 is 10.2 Å². The van der Waals surface area contributed by atoms with Gasteiger partial charge in [-0.2, -0.15) is 5.26 Å². The number of pyridine rings is 1. The number of fused-ring (bicyclic) bond motifs is 1. The van der Waals surface area contributed by atoms with Gasteiger partial charge in [-0.3, -0.25) is 0 Å². The van der Waals surface area contributed by atoms with Crippen LogP contribution in [-0.2, 0) is 4.74 Å². The molecule has 0 bridgehead atoms. The van der Waals surface area contributed by atoms with E-state index in [-0.39, 0.29) is 0 Å². The van der Waals surface area contributed by atoms with Crippen LogP contribution in [0, 0.1) is 11.3 Å². The van der Waals surface area contributed by atoms with Crippen LogP contribution in [-0.4, -0.2) is 31.3 Å². The first-order chi connectivity index (χ1) is 14.8. The summed E-state index contributed by atoms with van der Waals surface area (Å²) >= 11 is 1.58. The summed E-state index contributed by atoms with van der Waals surface area (Å²) in [5, 5.41) is 14.4. The SMILES string of the molecule is N#Cc1sc2cnc(Nc3cccc(N4CCOCC4)c3)cc2c1C1CCCCC1. The van der Waals surface area contributed by atoms with Crippen molar-refractivity contribution in [1.82, 2.24) is 4.98 Å². The van der Waals surface area contributed by atoms with Gasteiger partial charge in [-0.15, -0.1) is 11.3 Å². The number of ether oxygens (including phenoxy) is 1. The molecule has 1 aliphatic carbocycles. The molecule has 1 saturated heterocycles. The summed E-state index contributed by atoms with van der Waals surface area (Å²) in [6, 6.07) is 13.1. The Labute approximate surface area is 181 Å². The smallest absolute Gasteiger partial charge is 0.130 e. The van der Waals surface area contributed by atoms with Crippen molar-refractivity contribution < 1.29 is 4.74 Å². The van der Waals surface area contributed by atoms with Gasteiger partial charge in [-0.05, 0) is 48.6 Å². The maximum Gasteiger partial charge on any atom is 0.130 e. The zero-order valence-corrected chi connectivity index (χ0v) is 17.9. The van der Waals surface area contributed by atoms with E-state index in [1.807, 2.05) is 6.20 Å². The van der Waals surface area contributed by atoms with E-state index in [2.05, 4.69) is 51.6 Å². The first-order valence-electron chi connectivity index (χ1n) is 10.8. The Morgan fingerprint density at radius 1 is 1.13 bits per heavy atom. The van der Waals surface area contributed by atoms with Crippen LogP contribution >= 0.6 is 11.3 Å². The fourth-order valence-corrected chi connectivity index (χ4v) is 5.76. The average molecular weight is 419 g/mol. The van der Waals surface area contributed by atoms with Crippen molar-refractivity contribution in [2.75, 3.05) is 36.5 Å². The van der Waals surface area contributed by atoms with Crippen molar-refractivity contribution in [3.8, 4) is 6.07 Å². The second-order valence-electron chi connectivity index (χ2n) is 8.13. The molecule has 3 heterocycles. The van der Waals surface area contributed by atoms with E-state index in [0.29, 0.717) is 5.92 Å². The van der Waals surface area contributed by atoms with Gasteiger partial charge in [0.05, 0.1) is 17.9 Å². The van der Waals surface area contributed by atoms with Crippen molar-refractivity contribution in [2.24, 2.45) is 0 Å². The molecule has 154 valence electrons. The summed E-state index contributed by atoms with van der Waals surface area (Å²) in [4.78, 5) is 7.85. The highest BCUT2D eigenvalue weighted by Gasteiger charge is 2.23. The topological polar surface area (TPSA) is 61.2 Å². The molecule has 6 heteroatoms. The summed E-state index contributed by atoms with van der Waals surface area (Å²) in [6.07, 6.45) is 8.13. The molecule has 1 aromatic carbocycles. The lowest BCUT2D eigenvalue weighted by Gasteiger charge is -2.29. The molecule has 2 aromatic heterocycles. The van der Waals surface area contributed by atoms with E-state index < -0.39 is 0 Å². The van der Waals surface area contributed by atoms with Crippen molar-refractivity contribution in [3.05, 3.63) is 47.0 Å². The quantitative estimate of drug-likeness (QED) is 0.580. The van der Waals surface area contributed by atoms with Crippen LogP contribution in [0.3, 0.4) is 0 Å². The molecule has 0 unspecified atom stereocenters. The molecule has 0 amide bonds. The Bertz CT molecular complexity index is 1070. The average Bonchev–Trinajstić information content (AvgIpc) is 3.18. The largest absolute Gasteiger partial charge is 0.378 e. The predicted octanol–water partition coefficient (Wildman–Crippen LogP) is 5.80. The van der Waals surface area contributed by atoms with Crippen LogP contribution in [0.1, 0.15) is 48.5 Å². The molecule has 0 radical (unpaired) electrons. The minimum absolute atomic E-state index is 0.502. The molecular weight excluding hydrogens is 392 g/mol. The standard InChI is InChI=1S/C24H26N4OS/c25-15-21-24(17-5-2-1-3-6-17)20-14-23(26-16-22(20)30-21)27-18-7-4-8-19(13-18)28-9-11-29-12-10-28/h4,7-8,13-14,16-17H,1-3,5-6,9-12H2,(H,26,27). The van der Waals surface area contributed by atoms with Gasteiger partial charge in [-0.25, -0.2) is 4.98 Å². The lowest BCUT2D eigenvalue weighted by molar-refractivity contribution is 0.122. The first-order valence-corrected chi connectivity index (χ1v) is 11.7. The minimum atomic E-state index is 0.502. The molecule has 0 spiro atoms. The van der Waals surface area contributed by atoms with Crippen molar-refractivity contribution in [2.45, 2.75) is 38.0 Å². The van der Waals surface area contributed by atoms with Gasteiger partial charge in [0.15, 0.2) is 0 Å². The van der Waals surface area contributed by atoms with E-state index in [0.717, 1.165) is 47.4 Å². The predicted molar refractivity (Wildman–Crippen MR) is 123 cm³/mol. The van der Waals surface area contributed by atoms with Gasteiger partial charge in [0.25, 0.3) is 0 Å². The number of nitrogens with zero attached hydrogens (tertiary/aromatic N) is 3. The zero-order valence-electron chi connectivity index (χ0n) is 17.1. The molecular formula is C24H26N4OS. The highest BCUT2D eigenvalue weighted by Crippen LogP contribution is 2.42. The number of hydrogen-bond donors (Lipinski definition) is 1. The fourth-order valence-electron chi connectivity index (χ4n) is 4.72. The Morgan fingerprint density at radius 2 is 1.97 bits per heavy atom. The third-order valence-corrected chi connectivity index (χ3v) is 7.28. The molecule has 5 nitrogen and oxygen atoms in total. The van der Waals surface area contributed by atoms with E-state index in [9.17, 15) is 5.26 Å². The van der Waals surface area contributed by atoms with Gasteiger partial charge in [0, 0.05) is 36.0 Å². The third kappa shape index (κ3) is 3.88. The van der Waals surface area contributed by atoms with E-state index in [1.54, 1.807) is 11.3 Å². The van der Waals surface area contributed by atoms with E-state index in [4.69, 9.17) is 4.74 Å². The number of benzene rings is 1. The molecule has 0 atom stereocenters. The highest BCUT2D eigenvalue weighted by molar-refractivity contribution is 7.19. The summed E-state index contributed by atoms with van der Waals surface area (Å²) in [7, 11) is 0. The fraction of sp³-hybridized carbons (Fsp3) is 0.417. The Morgan fingerprint density at radius 3 is 2.77 bits per heavy atom. The van der Waals surface area contributed by atoms with Crippen LogP contribution in [0.15, 0.2) is 36.5 Å². The molecule has 1 saturated carbocycles. The van der Waals surface area contributed by atoms with Crippen molar-refractivity contribution >= 4 is 38.6 Å². The molecule has 2 fully saturated rings. The Balaban J connectivity index is 1.44. The molecule has 5 rings (SSSR count). The highest BCUT2D eigenvalue weighted by atomic mass is 32.1. The number of nitrogens with one attached hydrogen (secondary N) is 1. The second-order valence-corrected chi connectivity index (χ2v) is 9.18. The van der Waals surface area contributed by atoms with Crippen LogP contribution in [0.5, 0.6) is 0 Å². The lowest BCUT2D eigenvalue weighted by Crippen LogP contribution is -2.36. The minimum Gasteiger partial charge on any atom is -0.378 e. The number of nitriles is 1. The van der Waals surface area contributed by atoms with Gasteiger partial charge < -0.3 is 15.0 Å². The normalized spacial score (nSPS) is 17.8. The van der Waals surface area contributed by atoms with E-state index >= 15 is 0 Å². The Hall–Kier alpha value is -2.62. The molecule has 30 heavy (non-hydrogen) atoms. The van der Waals surface area contributed by atoms with Crippen molar-refractivity contribution in [3.63, 3.8) is 0 Å². The third-order valence-electron chi connectivity index (χ3n) is 6.22. The van der Waals surface area contributed by atoms with Gasteiger partial charge in [0.1, 0.15) is 16.8 Å². The maximum atomic E-state index is 9.72. The Kier molecular flexibility index (Phi) is 5.56. The van der Waals surface area contributed by atoms with Gasteiger partial charge >= 0.3 is 0 Å². The lowest BCUT2D eigenvalue weighted by atomic mass is 9.83. The molecule has 1 aliphatic heterocycles. The maximum absolute atomic E-state index is 9.72. The number of rotatable bonds is 4. The van der Waals surface area contributed by atoms with Crippen molar-refractivity contribution in [1.29, 1.82) is 5.26 Å².